The summed E-state index contributed by atoms with van der Waals surface area (Å²) in [4.78, 5) is 10.5. The Kier molecular flexibility index (Phi) is 4.28. The van der Waals surface area contributed by atoms with Gasteiger partial charge in [0.15, 0.2) is 0 Å². The van der Waals surface area contributed by atoms with Crippen LogP contribution in [0, 0.1) is 0 Å². The molecule has 0 aliphatic rings. The summed E-state index contributed by atoms with van der Waals surface area (Å²) < 4.78 is 4.38. The number of hydrogen-bond donors (Lipinski definition) is 0. The van der Waals surface area contributed by atoms with E-state index in [1.165, 1.54) is 13.3 Å². The highest BCUT2D eigenvalue weighted by Gasteiger charge is 1.93. The van der Waals surface area contributed by atoms with E-state index in [2.05, 4.69) is 9.84 Å². The Morgan fingerprint density at radius 1 is 1.70 bits per heavy atom. The van der Waals surface area contributed by atoms with Crippen LogP contribution >= 0.6 is 0 Å². The first kappa shape index (κ1) is 8.94. The third-order valence-corrected chi connectivity index (χ3v) is 0.798. The first-order valence-corrected chi connectivity index (χ1v) is 2.93. The lowest BCUT2D eigenvalue weighted by atomic mass is 10.5. The van der Waals surface area contributed by atoms with E-state index in [9.17, 15) is 4.79 Å². The van der Waals surface area contributed by atoms with Crippen LogP contribution in [0.4, 0.5) is 0 Å². The number of ether oxygens (including phenoxy) is 1. The van der Waals surface area contributed by atoms with Crippen molar-refractivity contribution in [2.75, 3.05) is 21.2 Å². The van der Waals surface area contributed by atoms with E-state index in [1.54, 1.807) is 19.1 Å². The summed E-state index contributed by atoms with van der Waals surface area (Å²) in [6.07, 6.45) is 1.74. The number of esters is 1. The van der Waals surface area contributed by atoms with Gasteiger partial charge in [-0.15, -0.1) is 0 Å². The largest absolute Gasteiger partial charge is 0.469 e. The summed E-state index contributed by atoms with van der Waals surface area (Å²) in [6, 6.07) is 0. The zero-order valence-electron chi connectivity index (χ0n) is 6.50. The van der Waals surface area contributed by atoms with E-state index >= 15 is 0 Å². The lowest BCUT2D eigenvalue weighted by Gasteiger charge is -2.00. The maximum absolute atomic E-state index is 10.5. The standard InChI is InChI=1S/C6H12N2O2/c1-8(2)7-5-4-6(9)10-3/h5H,4H2,1-3H3. The molecule has 0 N–H and O–H groups in total. The topological polar surface area (TPSA) is 41.9 Å². The second-order valence-corrected chi connectivity index (χ2v) is 1.93. The molecule has 0 aromatic rings. The van der Waals surface area contributed by atoms with Crippen molar-refractivity contribution in [3.8, 4) is 0 Å². The molecule has 0 heterocycles. The van der Waals surface area contributed by atoms with Gasteiger partial charge < -0.3 is 9.75 Å². The predicted molar refractivity (Wildman–Crippen MR) is 38.8 cm³/mol. The average Bonchev–Trinajstić information content (AvgIpc) is 1.87. The molecule has 0 aromatic heterocycles. The molecule has 10 heavy (non-hydrogen) atoms. The molecule has 0 aliphatic heterocycles. The molecule has 0 radical (unpaired) electrons. The van der Waals surface area contributed by atoms with Gasteiger partial charge in [0, 0.05) is 20.3 Å². The Morgan fingerprint density at radius 3 is 2.70 bits per heavy atom. The van der Waals surface area contributed by atoms with E-state index in [-0.39, 0.29) is 12.4 Å². The average molecular weight is 144 g/mol. The molecule has 58 valence electrons. The highest BCUT2D eigenvalue weighted by Crippen LogP contribution is 1.80. The summed E-state index contributed by atoms with van der Waals surface area (Å²) in [5.41, 5.74) is 0. The molecule has 4 nitrogen and oxygen atoms in total. The van der Waals surface area contributed by atoms with Crippen LogP contribution in [0.3, 0.4) is 0 Å². The van der Waals surface area contributed by atoms with E-state index in [0.717, 1.165) is 0 Å². The van der Waals surface area contributed by atoms with Gasteiger partial charge in [0.25, 0.3) is 0 Å². The molecule has 0 amide bonds. The van der Waals surface area contributed by atoms with Gasteiger partial charge in [-0.2, -0.15) is 5.10 Å². The molecular formula is C6H12N2O2. The van der Waals surface area contributed by atoms with Crippen molar-refractivity contribution in [1.29, 1.82) is 0 Å². The van der Waals surface area contributed by atoms with Crippen molar-refractivity contribution in [2.24, 2.45) is 5.10 Å². The molecule has 0 rings (SSSR count). The van der Waals surface area contributed by atoms with Gasteiger partial charge in [-0.25, -0.2) is 0 Å². The normalized spacial score (nSPS) is 9.90. The monoisotopic (exact) mass is 144 g/mol. The van der Waals surface area contributed by atoms with Crippen molar-refractivity contribution < 1.29 is 9.53 Å². The minimum absolute atomic E-state index is 0.231. The Bertz CT molecular complexity index is 132. The number of hydrazone groups is 1. The first-order valence-electron chi connectivity index (χ1n) is 2.93. The molecule has 0 saturated carbocycles. The quantitative estimate of drug-likeness (QED) is 0.320. The lowest BCUT2D eigenvalue weighted by Crippen LogP contribution is -2.05. The number of nitrogens with zero attached hydrogens (tertiary/aromatic N) is 2. The minimum Gasteiger partial charge on any atom is -0.469 e. The fourth-order valence-electron chi connectivity index (χ4n) is 0.362. The molecule has 0 aromatic carbocycles. The third-order valence-electron chi connectivity index (χ3n) is 0.798. The van der Waals surface area contributed by atoms with E-state index in [4.69, 9.17) is 0 Å². The molecule has 0 spiro atoms. The highest BCUT2D eigenvalue weighted by molar-refractivity contribution is 5.85. The van der Waals surface area contributed by atoms with E-state index in [0.29, 0.717) is 0 Å². The number of carbonyl (C=O) groups excluding carboxylic acids is 1. The molecule has 0 aliphatic carbocycles. The van der Waals surface area contributed by atoms with Gasteiger partial charge in [0.2, 0.25) is 0 Å². The fourth-order valence-corrected chi connectivity index (χ4v) is 0.362. The third kappa shape index (κ3) is 5.08. The van der Waals surface area contributed by atoms with Crippen molar-refractivity contribution in [3.63, 3.8) is 0 Å². The van der Waals surface area contributed by atoms with Gasteiger partial charge in [0.05, 0.1) is 13.5 Å². The number of methoxy groups -OCH3 is 1. The first-order chi connectivity index (χ1) is 4.66. The highest BCUT2D eigenvalue weighted by atomic mass is 16.5. The molecule has 0 saturated heterocycles. The minimum atomic E-state index is -0.273. The van der Waals surface area contributed by atoms with E-state index < -0.39 is 0 Å². The van der Waals surface area contributed by atoms with Crippen LogP contribution in [-0.4, -0.2) is 38.4 Å². The predicted octanol–water partition coefficient (Wildman–Crippen LogP) is 0.0969. The van der Waals surface area contributed by atoms with Gasteiger partial charge in [-0.3, -0.25) is 4.79 Å². The molecule has 0 bridgehead atoms. The Hall–Kier alpha value is -1.06. The number of rotatable bonds is 3. The van der Waals surface area contributed by atoms with Gasteiger partial charge in [-0.05, 0) is 0 Å². The lowest BCUT2D eigenvalue weighted by molar-refractivity contribution is -0.139. The van der Waals surface area contributed by atoms with Crippen molar-refractivity contribution in [3.05, 3.63) is 0 Å². The summed E-state index contributed by atoms with van der Waals surface area (Å²) in [6.45, 7) is 0. The molecule has 4 heteroatoms. The summed E-state index contributed by atoms with van der Waals surface area (Å²) in [7, 11) is 4.92. The van der Waals surface area contributed by atoms with Crippen LogP contribution in [0.2, 0.25) is 0 Å². The van der Waals surface area contributed by atoms with Crippen LogP contribution in [0.25, 0.3) is 0 Å². The second-order valence-electron chi connectivity index (χ2n) is 1.93. The second kappa shape index (κ2) is 4.78. The van der Waals surface area contributed by atoms with Crippen LogP contribution in [0.5, 0.6) is 0 Å². The zero-order valence-corrected chi connectivity index (χ0v) is 6.50. The summed E-state index contributed by atoms with van der Waals surface area (Å²) in [5.74, 6) is -0.273. The van der Waals surface area contributed by atoms with Crippen molar-refractivity contribution in [2.45, 2.75) is 6.42 Å². The smallest absolute Gasteiger partial charge is 0.311 e. The van der Waals surface area contributed by atoms with Crippen molar-refractivity contribution in [1.82, 2.24) is 5.01 Å². The van der Waals surface area contributed by atoms with Crippen LogP contribution in [0.1, 0.15) is 6.42 Å². The maximum atomic E-state index is 10.5. The van der Waals surface area contributed by atoms with Gasteiger partial charge in [0.1, 0.15) is 0 Å². The number of hydrogen-bond acceptors (Lipinski definition) is 4. The molecule has 0 atom stereocenters. The van der Waals surface area contributed by atoms with Crippen LogP contribution in [-0.2, 0) is 9.53 Å². The summed E-state index contributed by atoms with van der Waals surface area (Å²) >= 11 is 0. The fraction of sp³-hybridized carbons (Fsp3) is 0.667. The molecule has 0 unspecified atom stereocenters. The van der Waals surface area contributed by atoms with Crippen LogP contribution in [0.15, 0.2) is 5.10 Å². The SMILES string of the molecule is COC(=O)CC=NN(C)C. The van der Waals surface area contributed by atoms with Crippen molar-refractivity contribution >= 4 is 12.2 Å². The van der Waals surface area contributed by atoms with E-state index in [1.807, 2.05) is 0 Å². The maximum Gasteiger partial charge on any atom is 0.311 e. The van der Waals surface area contributed by atoms with Gasteiger partial charge >= 0.3 is 5.97 Å². The Labute approximate surface area is 60.5 Å². The zero-order chi connectivity index (χ0) is 7.98. The number of carbonyl (C=O) groups is 1. The molecular weight excluding hydrogens is 132 g/mol. The summed E-state index contributed by atoms with van der Waals surface area (Å²) in [5, 5.41) is 5.43. The Morgan fingerprint density at radius 2 is 2.30 bits per heavy atom. The van der Waals surface area contributed by atoms with Gasteiger partial charge in [-0.1, -0.05) is 0 Å². The van der Waals surface area contributed by atoms with Crippen LogP contribution < -0.4 is 0 Å². The Balaban J connectivity index is 3.43. The molecule has 0 fully saturated rings.